The number of thioether (sulfide) groups is 1. The van der Waals surface area contributed by atoms with Gasteiger partial charge in [-0.3, -0.25) is 4.79 Å². The Hall–Kier alpha value is -2.32. The number of rotatable bonds is 8. The Bertz CT molecular complexity index is 1050. The van der Waals surface area contributed by atoms with Gasteiger partial charge in [-0.1, -0.05) is 23.9 Å². The van der Waals surface area contributed by atoms with Gasteiger partial charge in [-0.25, -0.2) is 0 Å². The largest absolute Gasteiger partial charge is 0.486 e. The summed E-state index contributed by atoms with van der Waals surface area (Å²) in [5.41, 5.74) is 4.21. The Morgan fingerprint density at radius 2 is 1.93 bits per heavy atom. The van der Waals surface area contributed by atoms with Crippen LogP contribution >= 0.6 is 27.7 Å². The van der Waals surface area contributed by atoms with Crippen LogP contribution in [-0.4, -0.2) is 26.4 Å². The highest BCUT2D eigenvalue weighted by Crippen LogP contribution is 2.27. The minimum absolute atomic E-state index is 0.0906. The molecule has 0 fully saturated rings. The van der Waals surface area contributed by atoms with E-state index in [1.54, 1.807) is 0 Å². The maximum atomic E-state index is 12.4. The van der Waals surface area contributed by atoms with Crippen molar-refractivity contribution in [3.63, 3.8) is 0 Å². The van der Waals surface area contributed by atoms with Crippen LogP contribution in [0.15, 0.2) is 46.0 Å². The Balaban J connectivity index is 1.60. The number of anilines is 1. The summed E-state index contributed by atoms with van der Waals surface area (Å²) >= 11 is 4.87. The molecule has 0 aliphatic rings. The van der Waals surface area contributed by atoms with Crippen LogP contribution in [-0.2, 0) is 17.9 Å². The molecule has 30 heavy (non-hydrogen) atoms. The molecule has 0 aliphatic carbocycles. The first kappa shape index (κ1) is 22.4. The molecule has 8 heteroatoms. The van der Waals surface area contributed by atoms with Crippen LogP contribution in [0.25, 0.3) is 0 Å². The minimum atomic E-state index is -0.0906. The smallest absolute Gasteiger partial charge is 0.234 e. The summed E-state index contributed by atoms with van der Waals surface area (Å²) in [7, 11) is 0. The van der Waals surface area contributed by atoms with Crippen molar-refractivity contribution in [3.8, 4) is 5.75 Å². The summed E-state index contributed by atoms with van der Waals surface area (Å²) in [4.78, 5) is 12.4. The van der Waals surface area contributed by atoms with Gasteiger partial charge in [-0.2, -0.15) is 0 Å². The summed E-state index contributed by atoms with van der Waals surface area (Å²) in [6.07, 6.45) is 0. The molecule has 3 rings (SSSR count). The van der Waals surface area contributed by atoms with Crippen molar-refractivity contribution in [2.75, 3.05) is 11.1 Å². The highest BCUT2D eigenvalue weighted by Gasteiger charge is 2.15. The lowest BCUT2D eigenvalue weighted by molar-refractivity contribution is -0.113. The van der Waals surface area contributed by atoms with Crippen LogP contribution in [0.2, 0.25) is 0 Å². The fourth-order valence-corrected chi connectivity index (χ4v) is 4.27. The lowest BCUT2D eigenvalue weighted by Crippen LogP contribution is -2.15. The van der Waals surface area contributed by atoms with Gasteiger partial charge in [0.2, 0.25) is 5.91 Å². The summed E-state index contributed by atoms with van der Waals surface area (Å²) in [6, 6.07) is 11.9. The van der Waals surface area contributed by atoms with Crippen molar-refractivity contribution in [3.05, 3.63) is 63.4 Å². The predicted molar refractivity (Wildman–Crippen MR) is 124 cm³/mol. The van der Waals surface area contributed by atoms with Gasteiger partial charge in [0, 0.05) is 11.0 Å². The van der Waals surface area contributed by atoms with E-state index in [1.165, 1.54) is 17.3 Å². The lowest BCUT2D eigenvalue weighted by atomic mass is 10.1. The number of aryl methyl sites for hydroxylation is 3. The van der Waals surface area contributed by atoms with Gasteiger partial charge in [0.15, 0.2) is 11.0 Å². The zero-order valence-corrected chi connectivity index (χ0v) is 19.9. The SMILES string of the molecule is CCn1c(COc2cccc(C)c2)nnc1SCC(=O)Nc1cc(C)c(C)cc1Br. The predicted octanol–water partition coefficient (Wildman–Crippen LogP) is 5.30. The second-order valence-corrected chi connectivity index (χ2v) is 8.80. The molecular formula is C22H25BrN4O2S. The molecule has 1 N–H and O–H groups in total. The van der Waals surface area contributed by atoms with E-state index < -0.39 is 0 Å². The molecule has 0 unspecified atom stereocenters. The van der Waals surface area contributed by atoms with Crippen molar-refractivity contribution in [2.45, 2.75) is 46.0 Å². The quantitative estimate of drug-likeness (QED) is 0.435. The third-order valence-electron chi connectivity index (χ3n) is 4.66. The molecule has 0 bridgehead atoms. The molecule has 0 saturated heterocycles. The highest BCUT2D eigenvalue weighted by molar-refractivity contribution is 9.10. The van der Waals surface area contributed by atoms with Gasteiger partial charge in [-0.15, -0.1) is 10.2 Å². The Morgan fingerprint density at radius 3 is 2.67 bits per heavy atom. The molecule has 1 aromatic heterocycles. The topological polar surface area (TPSA) is 69.0 Å². The number of amides is 1. The van der Waals surface area contributed by atoms with Crippen LogP contribution < -0.4 is 10.1 Å². The first-order chi connectivity index (χ1) is 14.4. The van der Waals surface area contributed by atoms with Crippen LogP contribution in [0.3, 0.4) is 0 Å². The maximum absolute atomic E-state index is 12.4. The Labute approximate surface area is 189 Å². The fraction of sp³-hybridized carbons (Fsp3) is 0.318. The van der Waals surface area contributed by atoms with E-state index in [0.29, 0.717) is 18.3 Å². The van der Waals surface area contributed by atoms with Gasteiger partial charge in [-0.05, 0) is 84.6 Å². The fourth-order valence-electron chi connectivity index (χ4n) is 2.90. The van der Waals surface area contributed by atoms with Crippen LogP contribution in [0.4, 0.5) is 5.69 Å². The van der Waals surface area contributed by atoms with E-state index in [2.05, 4.69) is 31.4 Å². The number of carbonyl (C=O) groups excluding carboxylic acids is 1. The number of halogens is 1. The maximum Gasteiger partial charge on any atom is 0.234 e. The van der Waals surface area contributed by atoms with Crippen LogP contribution in [0.1, 0.15) is 29.4 Å². The van der Waals surface area contributed by atoms with Crippen molar-refractivity contribution < 1.29 is 9.53 Å². The highest BCUT2D eigenvalue weighted by atomic mass is 79.9. The summed E-state index contributed by atoms with van der Waals surface area (Å²) < 4.78 is 8.69. The molecule has 0 spiro atoms. The first-order valence-corrected chi connectivity index (χ1v) is 11.5. The van der Waals surface area contributed by atoms with Crippen molar-refractivity contribution >= 4 is 39.3 Å². The molecule has 158 valence electrons. The average molecular weight is 489 g/mol. The molecule has 0 aliphatic heterocycles. The third-order valence-corrected chi connectivity index (χ3v) is 6.28. The van der Waals surface area contributed by atoms with E-state index in [0.717, 1.165) is 32.9 Å². The zero-order chi connectivity index (χ0) is 21.7. The molecule has 0 radical (unpaired) electrons. The van der Waals surface area contributed by atoms with Crippen molar-refractivity contribution in [1.29, 1.82) is 0 Å². The number of hydrogen-bond donors (Lipinski definition) is 1. The van der Waals surface area contributed by atoms with Gasteiger partial charge < -0.3 is 14.6 Å². The Kier molecular flexibility index (Phi) is 7.55. The van der Waals surface area contributed by atoms with E-state index in [1.807, 2.05) is 68.7 Å². The van der Waals surface area contributed by atoms with Gasteiger partial charge in [0.1, 0.15) is 12.4 Å². The summed E-state index contributed by atoms with van der Waals surface area (Å²) in [5.74, 6) is 1.69. The summed E-state index contributed by atoms with van der Waals surface area (Å²) in [5, 5.41) is 12.2. The van der Waals surface area contributed by atoms with Gasteiger partial charge in [0.25, 0.3) is 0 Å². The third kappa shape index (κ3) is 5.64. The molecule has 1 amide bonds. The molecular weight excluding hydrogens is 464 g/mol. The molecule has 2 aromatic carbocycles. The standard InChI is InChI=1S/C22H25BrN4O2S/c1-5-27-20(12-29-17-8-6-7-14(2)9-17)25-26-22(27)30-13-21(28)24-19-11-16(4)15(3)10-18(19)23/h6-11H,5,12-13H2,1-4H3,(H,24,28). The zero-order valence-electron chi connectivity index (χ0n) is 17.5. The van der Waals surface area contributed by atoms with Crippen LogP contribution in [0, 0.1) is 20.8 Å². The first-order valence-electron chi connectivity index (χ1n) is 9.68. The number of ether oxygens (including phenoxy) is 1. The normalized spacial score (nSPS) is 10.8. The van der Waals surface area contributed by atoms with E-state index in [9.17, 15) is 4.79 Å². The van der Waals surface area contributed by atoms with E-state index >= 15 is 0 Å². The van der Waals surface area contributed by atoms with E-state index in [4.69, 9.17) is 4.74 Å². The molecule has 3 aromatic rings. The summed E-state index contributed by atoms with van der Waals surface area (Å²) in [6.45, 7) is 9.14. The van der Waals surface area contributed by atoms with E-state index in [-0.39, 0.29) is 11.7 Å². The number of aromatic nitrogens is 3. The molecule has 0 saturated carbocycles. The van der Waals surface area contributed by atoms with Crippen molar-refractivity contribution in [1.82, 2.24) is 14.8 Å². The minimum Gasteiger partial charge on any atom is -0.486 e. The molecule has 0 atom stereocenters. The number of hydrogen-bond acceptors (Lipinski definition) is 5. The monoisotopic (exact) mass is 488 g/mol. The number of nitrogens with zero attached hydrogens (tertiary/aromatic N) is 3. The second kappa shape index (κ2) is 10.1. The molecule has 6 nitrogen and oxygen atoms in total. The van der Waals surface area contributed by atoms with Gasteiger partial charge >= 0.3 is 0 Å². The van der Waals surface area contributed by atoms with Crippen LogP contribution in [0.5, 0.6) is 5.75 Å². The average Bonchev–Trinajstić information content (AvgIpc) is 3.11. The Morgan fingerprint density at radius 1 is 1.17 bits per heavy atom. The number of nitrogens with one attached hydrogen (secondary N) is 1. The second-order valence-electron chi connectivity index (χ2n) is 7.00. The number of carbonyl (C=O) groups is 1. The lowest BCUT2D eigenvalue weighted by Gasteiger charge is -2.11. The van der Waals surface area contributed by atoms with Gasteiger partial charge in [0.05, 0.1) is 11.4 Å². The molecule has 1 heterocycles. The number of benzene rings is 2. The van der Waals surface area contributed by atoms with Crippen molar-refractivity contribution in [2.24, 2.45) is 0 Å².